The van der Waals surface area contributed by atoms with Crippen LogP contribution in [0.25, 0.3) is 0 Å². The second-order valence-electron chi connectivity index (χ2n) is 2.30. The molecule has 0 aliphatic heterocycles. The molecule has 56 valence electrons. The third-order valence-electron chi connectivity index (χ3n) is 1.51. The highest BCUT2D eigenvalue weighted by molar-refractivity contribution is 6.73. The summed E-state index contributed by atoms with van der Waals surface area (Å²) in [7, 11) is 0. The molecule has 0 unspecified atom stereocenters. The van der Waals surface area contributed by atoms with Gasteiger partial charge in [-0.05, 0) is 17.6 Å². The second kappa shape index (κ2) is 3.62. The molecule has 3 heteroatoms. The average molecular weight is 155 g/mol. The molecular weight excluding hydrogens is 149 g/mol. The number of hydrogen-bond acceptors (Lipinski definition) is 2. The van der Waals surface area contributed by atoms with Gasteiger partial charge in [-0.1, -0.05) is 12.1 Å². The summed E-state index contributed by atoms with van der Waals surface area (Å²) in [5.41, 5.74) is 1.19. The van der Waals surface area contributed by atoms with Gasteiger partial charge < -0.3 is 5.02 Å². The lowest BCUT2D eigenvalue weighted by molar-refractivity contribution is 0.601. The molecule has 0 atom stereocenters. The van der Waals surface area contributed by atoms with E-state index in [0.29, 0.717) is 11.0 Å². The summed E-state index contributed by atoms with van der Waals surface area (Å²) >= 11 is 0. The Morgan fingerprint density at radius 3 is 2.33 bits per heavy atom. The minimum absolute atomic E-state index is 0.558. The van der Waals surface area contributed by atoms with E-state index in [9.17, 15) is 5.02 Å². The van der Waals surface area contributed by atoms with E-state index < -0.39 is 6.92 Å². The van der Waals surface area contributed by atoms with Gasteiger partial charge in [-0.25, -0.2) is 0 Å². The fourth-order valence-corrected chi connectivity index (χ4v) is 0.836. The van der Waals surface area contributed by atoms with Crippen LogP contribution in [0.1, 0.15) is 5.56 Å². The highest BCUT2D eigenvalue weighted by Crippen LogP contribution is 1.93. The fourth-order valence-electron chi connectivity index (χ4n) is 0.836. The SMILES string of the molecule is C#CB(O)c1ccc(C#N)cc1. The zero-order valence-corrected chi connectivity index (χ0v) is 6.36. The van der Waals surface area contributed by atoms with Gasteiger partial charge in [0.2, 0.25) is 0 Å². The third-order valence-corrected chi connectivity index (χ3v) is 1.51. The summed E-state index contributed by atoms with van der Waals surface area (Å²) < 4.78 is 0. The highest BCUT2D eigenvalue weighted by Gasteiger charge is 2.08. The lowest BCUT2D eigenvalue weighted by atomic mass is 9.63. The van der Waals surface area contributed by atoms with Crippen molar-refractivity contribution in [3.8, 4) is 18.3 Å². The van der Waals surface area contributed by atoms with Crippen molar-refractivity contribution in [3.63, 3.8) is 0 Å². The minimum Gasteiger partial charge on any atom is -0.436 e. The first-order chi connectivity index (χ1) is 5.77. The van der Waals surface area contributed by atoms with E-state index in [1.54, 1.807) is 24.3 Å². The Balaban J connectivity index is 2.96. The molecule has 0 spiro atoms. The molecule has 1 aromatic rings. The van der Waals surface area contributed by atoms with Gasteiger partial charge in [-0.2, -0.15) is 5.26 Å². The Kier molecular flexibility index (Phi) is 2.53. The molecule has 1 aromatic carbocycles. The summed E-state index contributed by atoms with van der Waals surface area (Å²) in [6.07, 6.45) is 5.01. The average Bonchev–Trinajstić information content (AvgIpc) is 2.17. The van der Waals surface area contributed by atoms with Crippen molar-refractivity contribution < 1.29 is 5.02 Å². The van der Waals surface area contributed by atoms with E-state index in [1.807, 2.05) is 6.07 Å². The van der Waals surface area contributed by atoms with E-state index in [4.69, 9.17) is 11.7 Å². The van der Waals surface area contributed by atoms with Crippen molar-refractivity contribution in [1.82, 2.24) is 0 Å². The van der Waals surface area contributed by atoms with Gasteiger partial charge in [0.05, 0.1) is 11.6 Å². The van der Waals surface area contributed by atoms with E-state index in [2.05, 4.69) is 5.82 Å². The van der Waals surface area contributed by atoms with E-state index in [-0.39, 0.29) is 0 Å². The lowest BCUT2D eigenvalue weighted by Gasteiger charge is -1.97. The molecule has 0 aliphatic rings. The summed E-state index contributed by atoms with van der Waals surface area (Å²) in [6.45, 7) is -0.877. The van der Waals surface area contributed by atoms with Crippen LogP contribution >= 0.6 is 0 Å². The zero-order chi connectivity index (χ0) is 8.97. The summed E-state index contributed by atoms with van der Waals surface area (Å²) in [6, 6.07) is 8.50. The van der Waals surface area contributed by atoms with Crippen molar-refractivity contribution in [1.29, 1.82) is 5.26 Å². The van der Waals surface area contributed by atoms with Gasteiger partial charge >= 0.3 is 6.92 Å². The molecule has 0 aromatic heterocycles. The standard InChI is InChI=1S/C9H6BNO/c1-2-10(12)9-5-3-8(7-11)4-6-9/h1,3-6,12H. The highest BCUT2D eigenvalue weighted by atomic mass is 16.2. The van der Waals surface area contributed by atoms with Gasteiger partial charge in [-0.3, -0.25) is 0 Å². The van der Waals surface area contributed by atoms with Crippen LogP contribution in [-0.2, 0) is 0 Å². The Morgan fingerprint density at radius 2 is 1.92 bits per heavy atom. The molecule has 0 amide bonds. The van der Waals surface area contributed by atoms with Crippen molar-refractivity contribution >= 4 is 12.4 Å². The molecule has 0 fully saturated rings. The normalized spacial score (nSPS) is 8.25. The zero-order valence-electron chi connectivity index (χ0n) is 6.36. The van der Waals surface area contributed by atoms with Crippen LogP contribution in [0.15, 0.2) is 24.3 Å². The molecule has 0 radical (unpaired) electrons. The Bertz CT molecular complexity index is 344. The molecule has 0 bridgehead atoms. The number of nitrogens with zero attached hydrogens (tertiary/aromatic N) is 1. The van der Waals surface area contributed by atoms with Crippen LogP contribution < -0.4 is 5.46 Å². The lowest BCUT2D eigenvalue weighted by Crippen LogP contribution is -2.28. The number of hydrogen-bond donors (Lipinski definition) is 1. The topological polar surface area (TPSA) is 44.0 Å². The van der Waals surface area contributed by atoms with Crippen LogP contribution in [0.4, 0.5) is 0 Å². The number of terminal acetylenes is 1. The summed E-state index contributed by atoms with van der Waals surface area (Å²) in [4.78, 5) is 0. The summed E-state index contributed by atoms with van der Waals surface area (Å²) in [5.74, 6) is 2.19. The molecule has 12 heavy (non-hydrogen) atoms. The van der Waals surface area contributed by atoms with Crippen molar-refractivity contribution in [3.05, 3.63) is 29.8 Å². The predicted molar refractivity (Wildman–Crippen MR) is 47.6 cm³/mol. The molecular formula is C9H6BNO. The van der Waals surface area contributed by atoms with E-state index >= 15 is 0 Å². The van der Waals surface area contributed by atoms with Crippen LogP contribution in [0.5, 0.6) is 0 Å². The quantitative estimate of drug-likeness (QED) is 0.455. The number of nitriles is 1. The molecule has 2 nitrogen and oxygen atoms in total. The monoisotopic (exact) mass is 155 g/mol. The number of rotatable bonds is 1. The van der Waals surface area contributed by atoms with Gasteiger partial charge in [0.25, 0.3) is 0 Å². The molecule has 1 N–H and O–H groups in total. The largest absolute Gasteiger partial charge is 0.436 e. The minimum atomic E-state index is -0.877. The molecule has 0 saturated heterocycles. The van der Waals surface area contributed by atoms with Crippen molar-refractivity contribution in [2.75, 3.05) is 0 Å². The van der Waals surface area contributed by atoms with Crippen molar-refractivity contribution in [2.24, 2.45) is 0 Å². The first-order valence-corrected chi connectivity index (χ1v) is 3.42. The van der Waals surface area contributed by atoms with Gasteiger partial charge in [0, 0.05) is 0 Å². The van der Waals surface area contributed by atoms with Crippen molar-refractivity contribution in [2.45, 2.75) is 0 Å². The predicted octanol–water partition coefficient (Wildman–Crippen LogP) is -0.0785. The van der Waals surface area contributed by atoms with E-state index in [1.165, 1.54) is 0 Å². The Hall–Kier alpha value is -1.71. The van der Waals surface area contributed by atoms with Crippen LogP contribution in [0.3, 0.4) is 0 Å². The molecule has 1 rings (SSSR count). The maximum atomic E-state index is 9.17. The first kappa shape index (κ1) is 8.39. The second-order valence-corrected chi connectivity index (χ2v) is 2.30. The Labute approximate surface area is 71.6 Å². The first-order valence-electron chi connectivity index (χ1n) is 3.42. The maximum Gasteiger partial charge on any atom is 0.412 e. The van der Waals surface area contributed by atoms with Crippen LogP contribution in [0, 0.1) is 23.6 Å². The maximum absolute atomic E-state index is 9.17. The third kappa shape index (κ3) is 1.66. The molecule has 0 heterocycles. The summed E-state index contributed by atoms with van der Waals surface area (Å²) in [5, 5.41) is 17.6. The van der Waals surface area contributed by atoms with Crippen LogP contribution in [-0.4, -0.2) is 11.9 Å². The fraction of sp³-hybridized carbons (Fsp3) is 0. The van der Waals surface area contributed by atoms with E-state index in [0.717, 1.165) is 0 Å². The van der Waals surface area contributed by atoms with Gasteiger partial charge in [-0.15, -0.1) is 12.2 Å². The van der Waals surface area contributed by atoms with Gasteiger partial charge in [0.1, 0.15) is 0 Å². The smallest absolute Gasteiger partial charge is 0.412 e. The van der Waals surface area contributed by atoms with Gasteiger partial charge in [0.15, 0.2) is 0 Å². The molecule has 0 aliphatic carbocycles. The Morgan fingerprint density at radius 1 is 1.33 bits per heavy atom. The number of benzene rings is 1. The molecule has 0 saturated carbocycles. The van der Waals surface area contributed by atoms with Crippen LogP contribution in [0.2, 0.25) is 0 Å².